The third-order valence-corrected chi connectivity index (χ3v) is 2.93. The Morgan fingerprint density at radius 1 is 1.29 bits per heavy atom. The second kappa shape index (κ2) is 5.68. The highest BCUT2D eigenvalue weighted by molar-refractivity contribution is 5.75. The third kappa shape index (κ3) is 3.20. The maximum Gasteiger partial charge on any atom is 0.314 e. The molecule has 0 bridgehead atoms. The summed E-state index contributed by atoms with van der Waals surface area (Å²) in [4.78, 5) is 11.9. The molecule has 1 aromatic rings. The van der Waals surface area contributed by atoms with Crippen molar-refractivity contribution in [2.75, 3.05) is 20.2 Å². The first-order chi connectivity index (χ1) is 8.29. The molecule has 0 unspecified atom stereocenters. The predicted octanol–water partition coefficient (Wildman–Crippen LogP) is 1.60. The van der Waals surface area contributed by atoms with Gasteiger partial charge >= 0.3 is 5.97 Å². The summed E-state index contributed by atoms with van der Waals surface area (Å²) in [5.41, 5.74) is 0. The van der Waals surface area contributed by atoms with Crippen molar-refractivity contribution in [1.29, 1.82) is 0 Å². The van der Waals surface area contributed by atoms with E-state index in [1.54, 1.807) is 19.2 Å². The summed E-state index contributed by atoms with van der Waals surface area (Å²) < 4.78 is 10.4. The van der Waals surface area contributed by atoms with Crippen molar-refractivity contribution < 1.29 is 14.3 Å². The van der Waals surface area contributed by atoms with E-state index >= 15 is 0 Å². The number of rotatable bonds is 3. The van der Waals surface area contributed by atoms with Crippen LogP contribution in [-0.2, 0) is 4.79 Å². The van der Waals surface area contributed by atoms with Crippen LogP contribution in [0.2, 0.25) is 0 Å². The molecule has 17 heavy (non-hydrogen) atoms. The summed E-state index contributed by atoms with van der Waals surface area (Å²) in [6, 6.07) is 7.12. The maximum absolute atomic E-state index is 11.9. The van der Waals surface area contributed by atoms with Crippen molar-refractivity contribution in [3.05, 3.63) is 24.3 Å². The van der Waals surface area contributed by atoms with Crippen molar-refractivity contribution in [1.82, 2.24) is 5.32 Å². The molecule has 4 heteroatoms. The molecule has 0 saturated carbocycles. The van der Waals surface area contributed by atoms with Gasteiger partial charge in [0.15, 0.2) is 0 Å². The number of ether oxygens (including phenoxy) is 2. The molecule has 1 N–H and O–H groups in total. The van der Waals surface area contributed by atoms with Gasteiger partial charge in [-0.2, -0.15) is 0 Å². The van der Waals surface area contributed by atoms with Gasteiger partial charge in [-0.05, 0) is 38.1 Å². The molecule has 0 spiro atoms. The standard InChI is InChI=1S/C13H17NO3/c1-16-11-3-2-4-12(9-11)17-13(15)10-5-7-14-8-6-10/h2-4,9-10,14H,5-8H2,1H3. The van der Waals surface area contributed by atoms with Crippen molar-refractivity contribution in [3.8, 4) is 11.5 Å². The molecule has 1 aliphatic heterocycles. The molecule has 2 rings (SSSR count). The highest BCUT2D eigenvalue weighted by atomic mass is 16.5. The fourth-order valence-corrected chi connectivity index (χ4v) is 1.92. The van der Waals surface area contributed by atoms with Gasteiger partial charge in [-0.1, -0.05) is 6.07 Å². The molecule has 1 aliphatic rings. The monoisotopic (exact) mass is 235 g/mol. The molecule has 92 valence electrons. The Kier molecular flexibility index (Phi) is 3.98. The molecular formula is C13H17NO3. The summed E-state index contributed by atoms with van der Waals surface area (Å²) in [6.07, 6.45) is 1.70. The van der Waals surface area contributed by atoms with Crippen LogP contribution in [0.4, 0.5) is 0 Å². The van der Waals surface area contributed by atoms with Crippen molar-refractivity contribution in [2.24, 2.45) is 5.92 Å². The van der Waals surface area contributed by atoms with Crippen LogP contribution in [0.25, 0.3) is 0 Å². The summed E-state index contributed by atoms with van der Waals surface area (Å²) in [7, 11) is 1.59. The Balaban J connectivity index is 1.96. The van der Waals surface area contributed by atoms with Gasteiger partial charge in [-0.25, -0.2) is 0 Å². The quantitative estimate of drug-likeness (QED) is 0.638. The van der Waals surface area contributed by atoms with Gasteiger partial charge in [0.2, 0.25) is 0 Å². The number of carbonyl (C=O) groups is 1. The average Bonchev–Trinajstić information content (AvgIpc) is 2.40. The number of nitrogens with one attached hydrogen (secondary N) is 1. The van der Waals surface area contributed by atoms with Crippen LogP contribution in [0.5, 0.6) is 11.5 Å². The van der Waals surface area contributed by atoms with Gasteiger partial charge in [-0.3, -0.25) is 4.79 Å². The number of methoxy groups -OCH3 is 1. The summed E-state index contributed by atoms with van der Waals surface area (Å²) in [5, 5.41) is 3.22. The lowest BCUT2D eigenvalue weighted by Gasteiger charge is -2.20. The van der Waals surface area contributed by atoms with E-state index in [0.717, 1.165) is 25.9 Å². The number of benzene rings is 1. The lowest BCUT2D eigenvalue weighted by atomic mass is 9.98. The lowest BCUT2D eigenvalue weighted by Crippen LogP contribution is -2.33. The molecule has 0 aliphatic carbocycles. The molecule has 0 amide bonds. The Labute approximate surface area is 101 Å². The molecule has 1 heterocycles. The molecule has 0 radical (unpaired) electrons. The van der Waals surface area contributed by atoms with Gasteiger partial charge in [0.1, 0.15) is 11.5 Å². The smallest absolute Gasteiger partial charge is 0.314 e. The zero-order valence-corrected chi connectivity index (χ0v) is 9.94. The Bertz CT molecular complexity index is 386. The van der Waals surface area contributed by atoms with Crippen LogP contribution >= 0.6 is 0 Å². The second-order valence-corrected chi connectivity index (χ2v) is 4.12. The summed E-state index contributed by atoms with van der Waals surface area (Å²) >= 11 is 0. The average molecular weight is 235 g/mol. The minimum absolute atomic E-state index is 0.0162. The van der Waals surface area contributed by atoms with E-state index < -0.39 is 0 Å². The topological polar surface area (TPSA) is 47.6 Å². The predicted molar refractivity (Wildman–Crippen MR) is 64.2 cm³/mol. The third-order valence-electron chi connectivity index (χ3n) is 2.93. The van der Waals surface area contributed by atoms with E-state index in [1.165, 1.54) is 0 Å². The van der Waals surface area contributed by atoms with Crippen LogP contribution in [-0.4, -0.2) is 26.2 Å². The molecule has 0 aromatic heterocycles. The minimum Gasteiger partial charge on any atom is -0.497 e. The Morgan fingerprint density at radius 2 is 2.00 bits per heavy atom. The maximum atomic E-state index is 11.9. The van der Waals surface area contributed by atoms with Crippen molar-refractivity contribution in [3.63, 3.8) is 0 Å². The van der Waals surface area contributed by atoms with E-state index in [2.05, 4.69) is 5.32 Å². The molecule has 1 aromatic carbocycles. The molecule has 1 saturated heterocycles. The Morgan fingerprint density at radius 3 is 2.71 bits per heavy atom. The van der Waals surface area contributed by atoms with E-state index in [9.17, 15) is 4.79 Å². The van der Waals surface area contributed by atoms with E-state index in [4.69, 9.17) is 9.47 Å². The normalized spacial score (nSPS) is 16.5. The lowest BCUT2D eigenvalue weighted by molar-refractivity contribution is -0.139. The number of hydrogen-bond acceptors (Lipinski definition) is 4. The number of carbonyl (C=O) groups excluding carboxylic acids is 1. The van der Waals surface area contributed by atoms with Gasteiger partial charge in [0.05, 0.1) is 13.0 Å². The van der Waals surface area contributed by atoms with Crippen molar-refractivity contribution in [2.45, 2.75) is 12.8 Å². The van der Waals surface area contributed by atoms with Crippen LogP contribution in [0.3, 0.4) is 0 Å². The number of piperidine rings is 1. The van der Waals surface area contributed by atoms with Crippen LogP contribution in [0.1, 0.15) is 12.8 Å². The van der Waals surface area contributed by atoms with E-state index in [0.29, 0.717) is 11.5 Å². The molecule has 0 atom stereocenters. The molecule has 1 fully saturated rings. The molecule has 4 nitrogen and oxygen atoms in total. The molecular weight excluding hydrogens is 218 g/mol. The Hall–Kier alpha value is -1.55. The first kappa shape index (κ1) is 11.9. The number of hydrogen-bond donors (Lipinski definition) is 1. The second-order valence-electron chi connectivity index (χ2n) is 4.12. The van der Waals surface area contributed by atoms with Crippen LogP contribution in [0.15, 0.2) is 24.3 Å². The van der Waals surface area contributed by atoms with Gasteiger partial charge in [0, 0.05) is 6.07 Å². The summed E-state index contributed by atoms with van der Waals surface area (Å²) in [6.45, 7) is 1.77. The fourth-order valence-electron chi connectivity index (χ4n) is 1.92. The highest BCUT2D eigenvalue weighted by Gasteiger charge is 2.22. The first-order valence-corrected chi connectivity index (χ1v) is 5.86. The van der Waals surface area contributed by atoms with Gasteiger partial charge in [0.25, 0.3) is 0 Å². The zero-order chi connectivity index (χ0) is 12.1. The van der Waals surface area contributed by atoms with Gasteiger partial charge < -0.3 is 14.8 Å². The number of esters is 1. The zero-order valence-electron chi connectivity index (χ0n) is 9.94. The van der Waals surface area contributed by atoms with Gasteiger partial charge in [-0.15, -0.1) is 0 Å². The van der Waals surface area contributed by atoms with Crippen LogP contribution in [0, 0.1) is 5.92 Å². The first-order valence-electron chi connectivity index (χ1n) is 5.86. The van der Waals surface area contributed by atoms with Crippen molar-refractivity contribution >= 4 is 5.97 Å². The van der Waals surface area contributed by atoms with E-state index in [1.807, 2.05) is 12.1 Å². The summed E-state index contributed by atoms with van der Waals surface area (Å²) in [5.74, 6) is 1.12. The highest BCUT2D eigenvalue weighted by Crippen LogP contribution is 2.21. The fraction of sp³-hybridized carbons (Fsp3) is 0.462. The minimum atomic E-state index is -0.139. The SMILES string of the molecule is COc1cccc(OC(=O)C2CCNCC2)c1. The largest absolute Gasteiger partial charge is 0.497 e. The van der Waals surface area contributed by atoms with E-state index in [-0.39, 0.29) is 11.9 Å². The van der Waals surface area contributed by atoms with Crippen LogP contribution < -0.4 is 14.8 Å².